The molecule has 0 saturated heterocycles. The minimum atomic E-state index is -0.688. The van der Waals surface area contributed by atoms with Crippen molar-refractivity contribution in [1.82, 2.24) is 14.5 Å². The summed E-state index contributed by atoms with van der Waals surface area (Å²) in [7, 11) is 1.24. The van der Waals surface area contributed by atoms with Crippen LogP contribution in [0.25, 0.3) is 11.0 Å². The fraction of sp³-hybridized carbons (Fsp3) is 0.385. The van der Waals surface area contributed by atoms with Crippen molar-refractivity contribution >= 4 is 23.1 Å². The number of carbonyl (C=O) groups excluding carboxylic acids is 2. The van der Waals surface area contributed by atoms with Crippen molar-refractivity contribution in [2.24, 2.45) is 0 Å². The fourth-order valence-electron chi connectivity index (χ4n) is 1.70. The van der Waals surface area contributed by atoms with Crippen molar-refractivity contribution < 1.29 is 19.1 Å². The van der Waals surface area contributed by atoms with Gasteiger partial charge in [-0.2, -0.15) is 0 Å². The third-order valence-corrected chi connectivity index (χ3v) is 2.43. The molecular formula is C13H15N3O4. The summed E-state index contributed by atoms with van der Waals surface area (Å²) in [6.07, 6.45) is 2.12. The number of methoxy groups -OCH3 is 1. The molecule has 20 heavy (non-hydrogen) atoms. The molecule has 0 aliphatic heterocycles. The minimum absolute atomic E-state index is 0.0530. The van der Waals surface area contributed by atoms with E-state index in [1.807, 2.05) is 0 Å². The van der Waals surface area contributed by atoms with Crippen LogP contribution in [0.3, 0.4) is 0 Å². The first kappa shape index (κ1) is 14.0. The summed E-state index contributed by atoms with van der Waals surface area (Å²) in [6, 6.07) is 1.49. The average Bonchev–Trinajstić information content (AvgIpc) is 2.75. The van der Waals surface area contributed by atoms with E-state index in [2.05, 4.69) is 14.7 Å². The van der Waals surface area contributed by atoms with Gasteiger partial charge < -0.3 is 9.47 Å². The number of carbonyl (C=O) groups is 2. The van der Waals surface area contributed by atoms with Gasteiger partial charge in [0.25, 0.3) is 0 Å². The van der Waals surface area contributed by atoms with E-state index in [1.165, 1.54) is 25.7 Å². The summed E-state index contributed by atoms with van der Waals surface area (Å²) in [6.45, 7) is 5.22. The zero-order valence-electron chi connectivity index (χ0n) is 11.7. The van der Waals surface area contributed by atoms with Crippen molar-refractivity contribution in [3.05, 3.63) is 24.3 Å². The summed E-state index contributed by atoms with van der Waals surface area (Å²) in [5, 5.41) is 0.554. The van der Waals surface area contributed by atoms with Gasteiger partial charge in [-0.05, 0) is 26.8 Å². The van der Waals surface area contributed by atoms with Crippen LogP contribution in [-0.2, 0) is 9.47 Å². The molecule has 2 heterocycles. The SMILES string of the molecule is COC(=O)c1cc2cncnc2n1C(=O)OC(C)(C)C. The normalized spacial score (nSPS) is 11.4. The Morgan fingerprint density at radius 2 is 2.00 bits per heavy atom. The molecule has 7 nitrogen and oxygen atoms in total. The van der Waals surface area contributed by atoms with Crippen LogP contribution in [0, 0.1) is 0 Å². The number of hydrogen-bond donors (Lipinski definition) is 0. The zero-order valence-corrected chi connectivity index (χ0v) is 11.7. The van der Waals surface area contributed by atoms with Crippen LogP contribution < -0.4 is 0 Å². The number of nitrogens with zero attached hydrogens (tertiary/aromatic N) is 3. The maximum atomic E-state index is 12.2. The monoisotopic (exact) mass is 277 g/mol. The molecular weight excluding hydrogens is 262 g/mol. The standard InChI is InChI=1S/C13H15N3O4/c1-13(2,3)20-12(18)16-9(11(17)19-4)5-8-6-14-7-15-10(8)16/h5-7H,1-4H3. The maximum absolute atomic E-state index is 12.2. The van der Waals surface area contributed by atoms with Gasteiger partial charge in [0.05, 0.1) is 7.11 Å². The Labute approximate surface area is 115 Å². The Balaban J connectivity index is 2.59. The highest BCUT2D eigenvalue weighted by molar-refractivity contribution is 6.00. The summed E-state index contributed by atoms with van der Waals surface area (Å²) in [4.78, 5) is 31.9. The molecule has 2 aromatic heterocycles. The van der Waals surface area contributed by atoms with Gasteiger partial charge in [0.1, 0.15) is 17.6 Å². The molecule has 0 bridgehead atoms. The summed E-state index contributed by atoms with van der Waals surface area (Å²) < 4.78 is 11.0. The summed E-state index contributed by atoms with van der Waals surface area (Å²) in [5.41, 5.74) is -0.333. The van der Waals surface area contributed by atoms with E-state index >= 15 is 0 Å². The van der Waals surface area contributed by atoms with E-state index < -0.39 is 17.7 Å². The molecule has 0 unspecified atom stereocenters. The smallest absolute Gasteiger partial charge is 0.420 e. The van der Waals surface area contributed by atoms with E-state index in [-0.39, 0.29) is 5.69 Å². The van der Waals surface area contributed by atoms with Crippen molar-refractivity contribution in [3.63, 3.8) is 0 Å². The highest BCUT2D eigenvalue weighted by Gasteiger charge is 2.26. The van der Waals surface area contributed by atoms with Crippen LogP contribution in [0.2, 0.25) is 0 Å². The number of ether oxygens (including phenoxy) is 2. The second kappa shape index (κ2) is 4.92. The Morgan fingerprint density at radius 3 is 2.60 bits per heavy atom. The van der Waals surface area contributed by atoms with Gasteiger partial charge in [0.2, 0.25) is 0 Å². The molecule has 0 saturated carbocycles. The quantitative estimate of drug-likeness (QED) is 0.741. The molecule has 0 N–H and O–H groups in total. The molecule has 0 atom stereocenters. The first-order valence-corrected chi connectivity index (χ1v) is 5.96. The van der Waals surface area contributed by atoms with Crippen LogP contribution in [0.5, 0.6) is 0 Å². The van der Waals surface area contributed by atoms with Gasteiger partial charge in [-0.25, -0.2) is 24.1 Å². The molecule has 2 aromatic rings. The van der Waals surface area contributed by atoms with E-state index in [9.17, 15) is 9.59 Å². The minimum Gasteiger partial charge on any atom is -0.464 e. The molecule has 0 fully saturated rings. The molecule has 2 rings (SSSR count). The predicted molar refractivity (Wildman–Crippen MR) is 70.5 cm³/mol. The number of aromatic nitrogens is 3. The Bertz CT molecular complexity index is 670. The van der Waals surface area contributed by atoms with Gasteiger partial charge >= 0.3 is 12.1 Å². The summed E-state index contributed by atoms with van der Waals surface area (Å²) in [5.74, 6) is -0.645. The van der Waals surface area contributed by atoms with E-state index in [1.54, 1.807) is 20.8 Å². The van der Waals surface area contributed by atoms with Crippen LogP contribution >= 0.6 is 0 Å². The first-order chi connectivity index (χ1) is 9.33. The lowest BCUT2D eigenvalue weighted by Crippen LogP contribution is -2.29. The Morgan fingerprint density at radius 1 is 1.30 bits per heavy atom. The Kier molecular flexibility index (Phi) is 3.44. The van der Waals surface area contributed by atoms with Gasteiger partial charge in [-0.1, -0.05) is 0 Å². The number of rotatable bonds is 1. The number of fused-ring (bicyclic) bond motifs is 1. The van der Waals surface area contributed by atoms with Gasteiger partial charge in [0, 0.05) is 11.6 Å². The highest BCUT2D eigenvalue weighted by Crippen LogP contribution is 2.20. The van der Waals surface area contributed by atoms with Crippen molar-refractivity contribution in [2.45, 2.75) is 26.4 Å². The van der Waals surface area contributed by atoms with E-state index in [0.717, 1.165) is 4.57 Å². The van der Waals surface area contributed by atoms with Crippen LogP contribution in [-0.4, -0.2) is 39.3 Å². The largest absolute Gasteiger partial charge is 0.464 e. The third kappa shape index (κ3) is 2.61. The Hall–Kier alpha value is -2.44. The van der Waals surface area contributed by atoms with Crippen LogP contribution in [0.15, 0.2) is 18.6 Å². The molecule has 7 heteroatoms. The van der Waals surface area contributed by atoms with Crippen LogP contribution in [0.4, 0.5) is 4.79 Å². The lowest BCUT2D eigenvalue weighted by Gasteiger charge is -2.20. The zero-order chi connectivity index (χ0) is 14.9. The molecule has 0 radical (unpaired) electrons. The molecule has 0 amide bonds. The summed E-state index contributed by atoms with van der Waals surface area (Å²) >= 11 is 0. The van der Waals surface area contributed by atoms with Crippen LogP contribution in [0.1, 0.15) is 31.3 Å². The van der Waals surface area contributed by atoms with Crippen molar-refractivity contribution in [1.29, 1.82) is 0 Å². The maximum Gasteiger partial charge on any atom is 0.420 e. The third-order valence-electron chi connectivity index (χ3n) is 2.43. The molecule has 0 aliphatic carbocycles. The number of hydrogen-bond acceptors (Lipinski definition) is 6. The van der Waals surface area contributed by atoms with Gasteiger partial charge in [0.15, 0.2) is 5.65 Å². The fourth-order valence-corrected chi connectivity index (χ4v) is 1.70. The second-order valence-electron chi connectivity index (χ2n) is 5.14. The topological polar surface area (TPSA) is 83.3 Å². The lowest BCUT2D eigenvalue weighted by molar-refractivity contribution is 0.0489. The van der Waals surface area contributed by atoms with Gasteiger partial charge in [-0.3, -0.25) is 0 Å². The molecule has 0 aromatic carbocycles. The average molecular weight is 277 g/mol. The van der Waals surface area contributed by atoms with E-state index in [0.29, 0.717) is 11.0 Å². The highest BCUT2D eigenvalue weighted by atomic mass is 16.6. The van der Waals surface area contributed by atoms with Crippen molar-refractivity contribution in [3.8, 4) is 0 Å². The lowest BCUT2D eigenvalue weighted by atomic mass is 10.2. The molecule has 0 aliphatic rings. The van der Waals surface area contributed by atoms with Crippen molar-refractivity contribution in [2.75, 3.05) is 7.11 Å². The predicted octanol–water partition coefficient (Wildman–Crippen LogP) is 2.00. The second-order valence-corrected chi connectivity index (χ2v) is 5.14. The molecule has 106 valence electrons. The first-order valence-electron chi connectivity index (χ1n) is 5.96. The number of esters is 1. The van der Waals surface area contributed by atoms with E-state index in [4.69, 9.17) is 4.74 Å². The molecule has 0 spiro atoms. The van der Waals surface area contributed by atoms with Gasteiger partial charge in [-0.15, -0.1) is 0 Å².